The molecule has 24 heavy (non-hydrogen) atoms. The second kappa shape index (κ2) is 6.44. The van der Waals surface area contributed by atoms with Crippen molar-refractivity contribution in [1.82, 2.24) is 29.8 Å². The first kappa shape index (κ1) is 16.2. The van der Waals surface area contributed by atoms with Gasteiger partial charge in [-0.3, -0.25) is 9.36 Å². The highest BCUT2D eigenvalue weighted by molar-refractivity contribution is 7.98. The number of thioether (sulfide) groups is 1. The molecule has 0 saturated carbocycles. The van der Waals surface area contributed by atoms with Crippen molar-refractivity contribution in [3.05, 3.63) is 51.6 Å². The van der Waals surface area contributed by atoms with E-state index < -0.39 is 0 Å². The molecule has 124 valence electrons. The van der Waals surface area contributed by atoms with Crippen molar-refractivity contribution >= 4 is 11.8 Å². The molecule has 0 aliphatic heterocycles. The Balaban J connectivity index is 1.92. The lowest BCUT2D eigenvalue weighted by molar-refractivity contribution is 0.437. The molecule has 3 aromatic rings. The second-order valence-electron chi connectivity index (χ2n) is 5.33. The van der Waals surface area contributed by atoms with Gasteiger partial charge in [-0.2, -0.15) is 9.67 Å². The van der Waals surface area contributed by atoms with E-state index in [1.54, 1.807) is 11.7 Å². The van der Waals surface area contributed by atoms with Crippen molar-refractivity contribution in [3.63, 3.8) is 0 Å². The van der Waals surface area contributed by atoms with Crippen molar-refractivity contribution in [1.29, 1.82) is 0 Å². The maximum absolute atomic E-state index is 11.7. The summed E-state index contributed by atoms with van der Waals surface area (Å²) < 4.78 is 3.07. The van der Waals surface area contributed by atoms with Crippen LogP contribution in [-0.2, 0) is 12.8 Å². The zero-order chi connectivity index (χ0) is 17.3. The third-order valence-corrected chi connectivity index (χ3v) is 4.62. The van der Waals surface area contributed by atoms with Crippen LogP contribution in [0.3, 0.4) is 0 Å². The number of hydrogen-bond acceptors (Lipinski definition) is 7. The lowest BCUT2D eigenvalue weighted by Crippen LogP contribution is -2.18. The molecule has 2 aromatic heterocycles. The average molecular weight is 344 g/mol. The summed E-state index contributed by atoms with van der Waals surface area (Å²) in [5.74, 6) is 0.745. The average Bonchev–Trinajstić information content (AvgIpc) is 2.97. The van der Waals surface area contributed by atoms with Crippen LogP contribution in [0.2, 0.25) is 0 Å². The summed E-state index contributed by atoms with van der Waals surface area (Å²) >= 11 is 1.28. The van der Waals surface area contributed by atoms with Gasteiger partial charge in [-0.1, -0.05) is 30.0 Å². The molecule has 2 heterocycles. The molecule has 0 saturated heterocycles. The Kier molecular flexibility index (Phi) is 4.34. The van der Waals surface area contributed by atoms with Gasteiger partial charge in [-0.25, -0.2) is 0 Å². The standard InChI is InChI=1S/C15H16N6O2S/c1-9-5-4-6-10(2)14(9)21-11(17-18-19-21)8-24-15-16-12(22)7-13(23)20(15)3/h4-7,22H,8H2,1-3H3. The summed E-state index contributed by atoms with van der Waals surface area (Å²) in [6.07, 6.45) is 0. The molecule has 0 fully saturated rings. The number of nitrogens with zero attached hydrogens (tertiary/aromatic N) is 6. The molecule has 0 aliphatic carbocycles. The van der Waals surface area contributed by atoms with Crippen LogP contribution in [0.25, 0.3) is 5.69 Å². The topological polar surface area (TPSA) is 98.7 Å². The zero-order valence-corrected chi connectivity index (χ0v) is 14.3. The highest BCUT2D eigenvalue weighted by Crippen LogP contribution is 2.23. The summed E-state index contributed by atoms with van der Waals surface area (Å²) in [4.78, 5) is 15.7. The summed E-state index contributed by atoms with van der Waals surface area (Å²) in [5.41, 5.74) is 2.75. The van der Waals surface area contributed by atoms with Crippen molar-refractivity contribution in [2.24, 2.45) is 7.05 Å². The Hall–Kier alpha value is -2.68. The van der Waals surface area contributed by atoms with Gasteiger partial charge < -0.3 is 5.11 Å². The molecule has 0 amide bonds. The van der Waals surface area contributed by atoms with Gasteiger partial charge in [0, 0.05) is 7.05 Å². The molecule has 1 aromatic carbocycles. The number of tetrazole rings is 1. The summed E-state index contributed by atoms with van der Waals surface area (Å²) in [6.45, 7) is 4.00. The highest BCUT2D eigenvalue weighted by atomic mass is 32.2. The van der Waals surface area contributed by atoms with Crippen LogP contribution in [0.4, 0.5) is 0 Å². The Labute approximate surface area is 142 Å². The molecule has 0 bridgehead atoms. The highest BCUT2D eigenvalue weighted by Gasteiger charge is 2.14. The fourth-order valence-electron chi connectivity index (χ4n) is 2.37. The SMILES string of the molecule is Cc1cccc(C)c1-n1nnnc1CSc1nc(O)cc(=O)n1C. The van der Waals surface area contributed by atoms with Gasteiger partial charge in [0.2, 0.25) is 5.88 Å². The van der Waals surface area contributed by atoms with Gasteiger partial charge in [0.25, 0.3) is 5.56 Å². The zero-order valence-electron chi connectivity index (χ0n) is 13.5. The van der Waals surface area contributed by atoms with Crippen LogP contribution >= 0.6 is 11.8 Å². The van der Waals surface area contributed by atoms with E-state index >= 15 is 0 Å². The number of hydrogen-bond donors (Lipinski definition) is 1. The largest absolute Gasteiger partial charge is 0.493 e. The first-order valence-electron chi connectivity index (χ1n) is 7.21. The first-order valence-corrected chi connectivity index (χ1v) is 8.19. The van der Waals surface area contributed by atoms with Gasteiger partial charge in [-0.05, 0) is 35.4 Å². The summed E-state index contributed by atoms with van der Waals surface area (Å²) in [7, 11) is 1.60. The molecule has 0 atom stereocenters. The normalized spacial score (nSPS) is 11.0. The third-order valence-electron chi connectivity index (χ3n) is 3.60. The van der Waals surface area contributed by atoms with E-state index in [-0.39, 0.29) is 11.4 Å². The number of para-hydroxylation sites is 1. The number of aryl methyl sites for hydroxylation is 2. The molecular formula is C15H16N6O2S. The predicted octanol–water partition coefficient (Wildman–Crippen LogP) is 1.37. The number of rotatable bonds is 4. The van der Waals surface area contributed by atoms with Gasteiger partial charge >= 0.3 is 0 Å². The maximum Gasteiger partial charge on any atom is 0.257 e. The lowest BCUT2D eigenvalue weighted by atomic mass is 10.1. The number of aromatic hydroxyl groups is 1. The van der Waals surface area contributed by atoms with E-state index in [1.165, 1.54) is 16.3 Å². The second-order valence-corrected chi connectivity index (χ2v) is 6.27. The Morgan fingerprint density at radius 1 is 1.25 bits per heavy atom. The molecule has 3 rings (SSSR count). The van der Waals surface area contributed by atoms with Gasteiger partial charge in [0.1, 0.15) is 0 Å². The smallest absolute Gasteiger partial charge is 0.257 e. The van der Waals surface area contributed by atoms with E-state index in [0.29, 0.717) is 16.7 Å². The van der Waals surface area contributed by atoms with E-state index in [2.05, 4.69) is 20.5 Å². The number of aromatic nitrogens is 6. The molecule has 0 unspecified atom stereocenters. The molecule has 0 spiro atoms. The minimum atomic E-state index is -0.320. The monoisotopic (exact) mass is 344 g/mol. The van der Waals surface area contributed by atoms with Crippen LogP contribution in [0, 0.1) is 13.8 Å². The fourth-order valence-corrected chi connectivity index (χ4v) is 3.25. The van der Waals surface area contributed by atoms with Crippen molar-refractivity contribution < 1.29 is 5.11 Å². The summed E-state index contributed by atoms with van der Waals surface area (Å²) in [5, 5.41) is 21.8. The van der Waals surface area contributed by atoms with Gasteiger partial charge in [0.05, 0.1) is 17.5 Å². The van der Waals surface area contributed by atoms with Crippen LogP contribution in [0.15, 0.2) is 34.2 Å². The number of benzene rings is 1. The van der Waals surface area contributed by atoms with E-state index in [1.807, 2.05) is 32.0 Å². The molecular weight excluding hydrogens is 328 g/mol. The molecule has 0 aliphatic rings. The van der Waals surface area contributed by atoms with E-state index in [9.17, 15) is 9.90 Å². The third kappa shape index (κ3) is 3.02. The van der Waals surface area contributed by atoms with Crippen LogP contribution in [-0.4, -0.2) is 34.9 Å². The van der Waals surface area contributed by atoms with Crippen LogP contribution in [0.1, 0.15) is 17.0 Å². The van der Waals surface area contributed by atoms with Crippen LogP contribution in [0.5, 0.6) is 5.88 Å². The molecule has 0 radical (unpaired) electrons. The van der Waals surface area contributed by atoms with Gasteiger partial charge in [0.15, 0.2) is 11.0 Å². The van der Waals surface area contributed by atoms with Crippen molar-refractivity contribution in [2.75, 3.05) is 0 Å². The maximum atomic E-state index is 11.7. The predicted molar refractivity (Wildman–Crippen MR) is 89.3 cm³/mol. The van der Waals surface area contributed by atoms with Crippen LogP contribution < -0.4 is 5.56 Å². The summed E-state index contributed by atoms with van der Waals surface area (Å²) in [6, 6.07) is 7.06. The van der Waals surface area contributed by atoms with Crippen molar-refractivity contribution in [3.8, 4) is 11.6 Å². The minimum absolute atomic E-state index is 0.296. The molecule has 9 heteroatoms. The van der Waals surface area contributed by atoms with Gasteiger partial charge in [-0.15, -0.1) is 5.10 Å². The lowest BCUT2D eigenvalue weighted by Gasteiger charge is -2.11. The molecule has 8 nitrogen and oxygen atoms in total. The van der Waals surface area contributed by atoms with E-state index in [4.69, 9.17) is 0 Å². The minimum Gasteiger partial charge on any atom is -0.493 e. The quantitative estimate of drug-likeness (QED) is 0.564. The van der Waals surface area contributed by atoms with Crippen molar-refractivity contribution in [2.45, 2.75) is 24.8 Å². The Morgan fingerprint density at radius 3 is 2.67 bits per heavy atom. The Bertz CT molecular complexity index is 929. The van der Waals surface area contributed by atoms with E-state index in [0.717, 1.165) is 22.9 Å². The fraction of sp³-hybridized carbons (Fsp3) is 0.267. The Morgan fingerprint density at radius 2 is 1.96 bits per heavy atom. The molecule has 1 N–H and O–H groups in total. The first-order chi connectivity index (χ1) is 11.5.